The minimum absolute atomic E-state index is 0.00447. The summed E-state index contributed by atoms with van der Waals surface area (Å²) in [6, 6.07) is 6.65. The van der Waals surface area contributed by atoms with Crippen LogP contribution in [0.15, 0.2) is 29.2 Å². The molecule has 1 aromatic carbocycles. The molecule has 1 unspecified atom stereocenters. The third-order valence-corrected chi connectivity index (χ3v) is 5.81. The fourth-order valence-corrected chi connectivity index (χ4v) is 4.61. The van der Waals surface area contributed by atoms with Crippen molar-refractivity contribution in [3.05, 3.63) is 29.8 Å². The second-order valence-electron chi connectivity index (χ2n) is 5.51. The third-order valence-electron chi connectivity index (χ3n) is 3.86. The van der Waals surface area contributed by atoms with Gasteiger partial charge >= 0.3 is 5.97 Å². The van der Waals surface area contributed by atoms with Crippen molar-refractivity contribution >= 4 is 16.0 Å². The summed E-state index contributed by atoms with van der Waals surface area (Å²) in [6.45, 7) is 2.33. The third kappa shape index (κ3) is 3.83. The number of piperidine rings is 1. The molecule has 1 aliphatic rings. The summed E-state index contributed by atoms with van der Waals surface area (Å²) in [7, 11) is -3.54. The maximum Gasteiger partial charge on any atom is 0.303 e. The number of hydrogen-bond donors (Lipinski definition) is 1. The average molecular weight is 311 g/mol. The second-order valence-corrected chi connectivity index (χ2v) is 7.40. The maximum absolute atomic E-state index is 12.8. The molecule has 1 aromatic rings. The monoisotopic (exact) mass is 311 g/mol. The van der Waals surface area contributed by atoms with Gasteiger partial charge in [0.25, 0.3) is 0 Å². The van der Waals surface area contributed by atoms with Crippen molar-refractivity contribution in [2.75, 3.05) is 6.54 Å². The van der Waals surface area contributed by atoms with Crippen molar-refractivity contribution in [1.82, 2.24) is 4.31 Å². The van der Waals surface area contributed by atoms with Gasteiger partial charge in [-0.25, -0.2) is 8.42 Å². The van der Waals surface area contributed by atoms with Gasteiger partial charge in [0.2, 0.25) is 10.0 Å². The van der Waals surface area contributed by atoms with Crippen LogP contribution >= 0.6 is 0 Å². The molecule has 0 radical (unpaired) electrons. The number of rotatable bonds is 5. The molecule has 2 rings (SSSR count). The van der Waals surface area contributed by atoms with Crippen molar-refractivity contribution in [3.63, 3.8) is 0 Å². The smallest absolute Gasteiger partial charge is 0.303 e. The van der Waals surface area contributed by atoms with E-state index in [9.17, 15) is 13.2 Å². The number of nitrogens with zero attached hydrogens (tertiary/aromatic N) is 1. The summed E-state index contributed by atoms with van der Waals surface area (Å²) < 4.78 is 27.0. The summed E-state index contributed by atoms with van der Waals surface area (Å²) >= 11 is 0. The van der Waals surface area contributed by atoms with Crippen LogP contribution in [-0.2, 0) is 14.8 Å². The molecule has 5 nitrogen and oxygen atoms in total. The van der Waals surface area contributed by atoms with E-state index in [1.54, 1.807) is 18.2 Å². The molecule has 1 N–H and O–H groups in total. The number of carbonyl (C=O) groups is 1. The van der Waals surface area contributed by atoms with Gasteiger partial charge in [-0.2, -0.15) is 4.31 Å². The molecule has 1 atom stereocenters. The Bertz CT molecular complexity index is 612. The van der Waals surface area contributed by atoms with Gasteiger partial charge in [-0.1, -0.05) is 18.6 Å². The first-order valence-electron chi connectivity index (χ1n) is 7.21. The number of aliphatic carboxylic acids is 1. The van der Waals surface area contributed by atoms with E-state index in [1.807, 2.05) is 13.0 Å². The normalized spacial score (nSPS) is 20.3. The molecule has 0 aliphatic carbocycles. The van der Waals surface area contributed by atoms with E-state index in [1.165, 1.54) is 4.31 Å². The molecule has 0 saturated carbocycles. The first kappa shape index (κ1) is 16.0. The molecule has 1 aliphatic heterocycles. The van der Waals surface area contributed by atoms with Crippen LogP contribution in [0.2, 0.25) is 0 Å². The van der Waals surface area contributed by atoms with E-state index in [2.05, 4.69) is 0 Å². The lowest BCUT2D eigenvalue weighted by atomic mass is 10.0. The Morgan fingerprint density at radius 1 is 1.38 bits per heavy atom. The first-order chi connectivity index (χ1) is 9.91. The molecule has 6 heteroatoms. The Labute approximate surface area is 125 Å². The lowest BCUT2D eigenvalue weighted by Gasteiger charge is -2.34. The van der Waals surface area contributed by atoms with Crippen LogP contribution in [-0.4, -0.2) is 36.4 Å². The molecule has 1 saturated heterocycles. The standard InChI is InChI=1S/C15H21NO4S/c1-12-5-4-7-14(11-12)21(19,20)16-10-3-2-6-13(16)8-9-15(17)18/h4-5,7,11,13H,2-3,6,8-10H2,1H3,(H,17,18). The highest BCUT2D eigenvalue weighted by Crippen LogP contribution is 2.28. The van der Waals surface area contributed by atoms with E-state index in [0.29, 0.717) is 17.9 Å². The molecule has 116 valence electrons. The van der Waals surface area contributed by atoms with Crippen molar-refractivity contribution in [2.45, 2.75) is 50.0 Å². The number of hydrogen-bond acceptors (Lipinski definition) is 3. The largest absolute Gasteiger partial charge is 0.481 e. The average Bonchev–Trinajstić information content (AvgIpc) is 2.45. The Hall–Kier alpha value is -1.40. The van der Waals surface area contributed by atoms with Crippen molar-refractivity contribution in [1.29, 1.82) is 0 Å². The summed E-state index contributed by atoms with van der Waals surface area (Å²) in [5.74, 6) is -0.881. The van der Waals surface area contributed by atoms with Crippen LogP contribution in [0, 0.1) is 6.92 Å². The highest BCUT2D eigenvalue weighted by atomic mass is 32.2. The summed E-state index contributed by atoms with van der Waals surface area (Å²) in [5.41, 5.74) is 0.898. The highest BCUT2D eigenvalue weighted by molar-refractivity contribution is 7.89. The number of benzene rings is 1. The minimum atomic E-state index is -3.54. The predicted octanol–water partition coefficient (Wildman–Crippen LogP) is 2.40. The van der Waals surface area contributed by atoms with Crippen LogP contribution in [0.4, 0.5) is 0 Å². The Morgan fingerprint density at radius 2 is 2.14 bits per heavy atom. The van der Waals surface area contributed by atoms with Gasteiger partial charge < -0.3 is 5.11 Å². The predicted molar refractivity (Wildman–Crippen MR) is 79.6 cm³/mol. The highest BCUT2D eigenvalue weighted by Gasteiger charge is 2.33. The second kappa shape index (κ2) is 6.58. The molecule has 1 fully saturated rings. The van der Waals surface area contributed by atoms with Crippen LogP contribution in [0.3, 0.4) is 0 Å². The molecule has 0 amide bonds. The van der Waals surface area contributed by atoms with E-state index in [-0.39, 0.29) is 12.5 Å². The number of aryl methyl sites for hydroxylation is 1. The van der Waals surface area contributed by atoms with Crippen LogP contribution in [0.1, 0.15) is 37.7 Å². The van der Waals surface area contributed by atoms with Gasteiger partial charge in [0, 0.05) is 19.0 Å². The Kier molecular flexibility index (Phi) is 5.00. The van der Waals surface area contributed by atoms with Gasteiger partial charge in [-0.05, 0) is 43.9 Å². The quantitative estimate of drug-likeness (QED) is 0.906. The zero-order valence-corrected chi connectivity index (χ0v) is 13.0. The molecule has 21 heavy (non-hydrogen) atoms. The van der Waals surface area contributed by atoms with E-state index >= 15 is 0 Å². The van der Waals surface area contributed by atoms with Gasteiger partial charge in [-0.3, -0.25) is 4.79 Å². The van der Waals surface area contributed by atoms with E-state index in [4.69, 9.17) is 5.11 Å². The van der Waals surface area contributed by atoms with Crippen molar-refractivity contribution in [3.8, 4) is 0 Å². The van der Waals surface area contributed by atoms with Crippen molar-refractivity contribution in [2.24, 2.45) is 0 Å². The SMILES string of the molecule is Cc1cccc(S(=O)(=O)N2CCCCC2CCC(=O)O)c1. The fourth-order valence-electron chi connectivity index (χ4n) is 2.78. The molecule has 0 spiro atoms. The number of sulfonamides is 1. The zero-order chi connectivity index (χ0) is 15.5. The van der Waals surface area contributed by atoms with Gasteiger partial charge in [0.1, 0.15) is 0 Å². The molecular weight excluding hydrogens is 290 g/mol. The minimum Gasteiger partial charge on any atom is -0.481 e. The number of carboxylic acid groups (broad SMARTS) is 1. The van der Waals surface area contributed by atoms with E-state index in [0.717, 1.165) is 24.8 Å². The maximum atomic E-state index is 12.8. The fraction of sp³-hybridized carbons (Fsp3) is 0.533. The lowest BCUT2D eigenvalue weighted by Crippen LogP contribution is -2.43. The van der Waals surface area contributed by atoms with Crippen LogP contribution in [0.5, 0.6) is 0 Å². The van der Waals surface area contributed by atoms with Crippen LogP contribution in [0.25, 0.3) is 0 Å². The van der Waals surface area contributed by atoms with Gasteiger partial charge in [-0.15, -0.1) is 0 Å². The summed E-state index contributed by atoms with van der Waals surface area (Å²) in [4.78, 5) is 11.0. The Balaban J connectivity index is 2.25. The summed E-state index contributed by atoms with van der Waals surface area (Å²) in [6.07, 6.45) is 2.89. The zero-order valence-electron chi connectivity index (χ0n) is 12.2. The molecular formula is C15H21NO4S. The lowest BCUT2D eigenvalue weighted by molar-refractivity contribution is -0.137. The van der Waals surface area contributed by atoms with Crippen LogP contribution < -0.4 is 0 Å². The topological polar surface area (TPSA) is 74.7 Å². The molecule has 0 aromatic heterocycles. The molecule has 0 bridgehead atoms. The van der Waals surface area contributed by atoms with Gasteiger partial charge in [0.15, 0.2) is 0 Å². The van der Waals surface area contributed by atoms with E-state index < -0.39 is 16.0 Å². The molecule has 1 heterocycles. The Morgan fingerprint density at radius 3 is 2.81 bits per heavy atom. The van der Waals surface area contributed by atoms with Gasteiger partial charge in [0.05, 0.1) is 4.90 Å². The summed E-state index contributed by atoms with van der Waals surface area (Å²) in [5, 5.41) is 8.82. The first-order valence-corrected chi connectivity index (χ1v) is 8.65. The number of carboxylic acids is 1. The van der Waals surface area contributed by atoms with Crippen molar-refractivity contribution < 1.29 is 18.3 Å².